The first-order chi connectivity index (χ1) is 18.5. The van der Waals surface area contributed by atoms with Gasteiger partial charge in [-0.05, 0) is 88.3 Å². The van der Waals surface area contributed by atoms with Crippen LogP contribution in [0.3, 0.4) is 0 Å². The van der Waals surface area contributed by atoms with Crippen molar-refractivity contribution >= 4 is 50.9 Å². The number of imide groups is 1. The number of hydrogen-bond acceptors (Lipinski definition) is 4. The van der Waals surface area contributed by atoms with Crippen molar-refractivity contribution in [3.05, 3.63) is 105 Å². The van der Waals surface area contributed by atoms with Crippen molar-refractivity contribution in [1.29, 1.82) is 0 Å². The minimum atomic E-state index is -0.301. The van der Waals surface area contributed by atoms with Crippen molar-refractivity contribution < 1.29 is 14.3 Å². The van der Waals surface area contributed by atoms with Gasteiger partial charge >= 0.3 is 0 Å². The Morgan fingerprint density at radius 2 is 1.66 bits per heavy atom. The maximum absolute atomic E-state index is 14.3. The molecule has 0 unspecified atom stereocenters. The number of rotatable bonds is 4. The minimum absolute atomic E-state index is 0.293. The van der Waals surface area contributed by atoms with Crippen molar-refractivity contribution in [2.75, 3.05) is 12.0 Å². The summed E-state index contributed by atoms with van der Waals surface area (Å²) in [6.07, 6.45) is 0.787. The highest BCUT2D eigenvalue weighted by Crippen LogP contribution is 2.45. The second-order valence-corrected chi connectivity index (χ2v) is 10.6. The summed E-state index contributed by atoms with van der Waals surface area (Å²) in [5.74, 6) is 0.108. The van der Waals surface area contributed by atoms with E-state index < -0.39 is 0 Å². The lowest BCUT2D eigenvalue weighted by atomic mass is 9.95. The molecule has 5 nitrogen and oxygen atoms in total. The molecule has 2 amide bonds. The molecule has 0 fully saturated rings. The van der Waals surface area contributed by atoms with Gasteiger partial charge in [0.25, 0.3) is 11.8 Å². The van der Waals surface area contributed by atoms with Crippen LogP contribution >= 0.6 is 11.3 Å². The summed E-state index contributed by atoms with van der Waals surface area (Å²) < 4.78 is 7.57. The van der Waals surface area contributed by atoms with Gasteiger partial charge < -0.3 is 9.30 Å². The highest BCUT2D eigenvalue weighted by atomic mass is 32.1. The average molecular weight is 517 g/mol. The van der Waals surface area contributed by atoms with E-state index in [0.29, 0.717) is 22.6 Å². The largest absolute Gasteiger partial charge is 0.497 e. The van der Waals surface area contributed by atoms with E-state index in [1.54, 1.807) is 7.11 Å². The summed E-state index contributed by atoms with van der Waals surface area (Å²) >= 11 is 1.51. The number of carbonyl (C=O) groups excluding carboxylic acids is 2. The summed E-state index contributed by atoms with van der Waals surface area (Å²) in [6, 6.07) is 22.0. The van der Waals surface area contributed by atoms with Gasteiger partial charge in [0.1, 0.15) is 5.75 Å². The van der Waals surface area contributed by atoms with E-state index in [9.17, 15) is 9.59 Å². The summed E-state index contributed by atoms with van der Waals surface area (Å²) in [4.78, 5) is 29.8. The minimum Gasteiger partial charge on any atom is -0.497 e. The highest BCUT2D eigenvalue weighted by molar-refractivity contribution is 7.08. The van der Waals surface area contributed by atoms with Crippen molar-refractivity contribution in [2.45, 2.75) is 13.3 Å². The smallest absolute Gasteiger partial charge is 0.266 e. The van der Waals surface area contributed by atoms with Gasteiger partial charge in [-0.1, -0.05) is 30.3 Å². The summed E-state index contributed by atoms with van der Waals surface area (Å²) in [7, 11) is 3.61. The number of amides is 2. The number of carbonyl (C=O) groups is 2. The Labute approximate surface area is 224 Å². The Hall–Kier alpha value is -4.42. The Kier molecular flexibility index (Phi) is 4.97. The van der Waals surface area contributed by atoms with Crippen LogP contribution in [0.25, 0.3) is 33.2 Å². The first kappa shape index (κ1) is 22.8. The summed E-state index contributed by atoms with van der Waals surface area (Å²) in [5.41, 5.74) is 9.68. The molecule has 3 heterocycles. The third-order valence-electron chi connectivity index (χ3n) is 7.88. The van der Waals surface area contributed by atoms with Gasteiger partial charge in [0.2, 0.25) is 0 Å². The Balaban J connectivity index is 1.42. The lowest BCUT2D eigenvalue weighted by molar-refractivity contribution is -0.119. The maximum Gasteiger partial charge on any atom is 0.266 e. The zero-order chi connectivity index (χ0) is 26.1. The molecule has 0 radical (unpaired) electrons. The van der Waals surface area contributed by atoms with Crippen LogP contribution in [-0.4, -0.2) is 23.5 Å². The molecular weight excluding hydrogens is 492 g/mol. The third kappa shape index (κ3) is 3.10. The molecule has 0 bridgehead atoms. The van der Waals surface area contributed by atoms with Crippen LogP contribution in [0.15, 0.2) is 77.5 Å². The predicted octanol–water partition coefficient (Wildman–Crippen LogP) is 6.61. The first-order valence-electron chi connectivity index (χ1n) is 12.5. The second kappa shape index (κ2) is 8.30. The number of methoxy groups -OCH3 is 1. The first-order valence-corrected chi connectivity index (χ1v) is 13.4. The van der Waals surface area contributed by atoms with Gasteiger partial charge in [-0.3, -0.25) is 9.59 Å². The van der Waals surface area contributed by atoms with Crippen molar-refractivity contribution in [1.82, 2.24) is 4.57 Å². The van der Waals surface area contributed by atoms with Crippen LogP contribution in [-0.2, 0) is 23.1 Å². The number of aryl methyl sites for hydroxylation is 1. The van der Waals surface area contributed by atoms with Gasteiger partial charge in [0, 0.05) is 29.2 Å². The number of thiophene rings is 1. The number of hydrogen-bond donors (Lipinski definition) is 0. The fourth-order valence-corrected chi connectivity index (χ4v) is 6.58. The predicted molar refractivity (Wildman–Crippen MR) is 153 cm³/mol. The zero-order valence-electron chi connectivity index (χ0n) is 21.2. The van der Waals surface area contributed by atoms with Crippen molar-refractivity contribution in [2.24, 2.45) is 7.05 Å². The monoisotopic (exact) mass is 516 g/mol. The van der Waals surface area contributed by atoms with Gasteiger partial charge in [-0.15, -0.1) is 0 Å². The maximum atomic E-state index is 14.3. The van der Waals surface area contributed by atoms with Crippen LogP contribution in [0, 0.1) is 6.92 Å². The van der Waals surface area contributed by atoms with E-state index >= 15 is 0 Å². The number of aromatic nitrogens is 1. The van der Waals surface area contributed by atoms with Crippen LogP contribution in [0.5, 0.6) is 5.75 Å². The molecule has 0 saturated carbocycles. The number of ether oxygens (including phenoxy) is 1. The molecule has 38 heavy (non-hydrogen) atoms. The normalized spacial score (nSPS) is 14.6. The fourth-order valence-electron chi connectivity index (χ4n) is 5.93. The van der Waals surface area contributed by atoms with Crippen LogP contribution < -0.4 is 9.64 Å². The molecule has 0 spiro atoms. The molecule has 7 rings (SSSR count). The molecule has 2 aliphatic rings. The lowest BCUT2D eigenvalue weighted by Crippen LogP contribution is -2.31. The van der Waals surface area contributed by atoms with Gasteiger partial charge in [-0.2, -0.15) is 11.3 Å². The zero-order valence-corrected chi connectivity index (χ0v) is 22.1. The van der Waals surface area contributed by atoms with E-state index in [1.807, 2.05) is 79.3 Å². The molecule has 6 heteroatoms. The average Bonchev–Trinajstić information content (AvgIpc) is 3.68. The Morgan fingerprint density at radius 3 is 2.45 bits per heavy atom. The van der Waals surface area contributed by atoms with E-state index in [4.69, 9.17) is 4.74 Å². The highest BCUT2D eigenvalue weighted by Gasteiger charge is 2.42. The van der Waals surface area contributed by atoms with Gasteiger partial charge in [0.15, 0.2) is 0 Å². The quantitative estimate of drug-likeness (QED) is 0.248. The van der Waals surface area contributed by atoms with Gasteiger partial charge in [0.05, 0.1) is 23.9 Å². The Bertz CT molecular complexity index is 1840. The number of benzene rings is 3. The van der Waals surface area contributed by atoms with Crippen LogP contribution in [0.1, 0.15) is 27.9 Å². The number of fused-ring (bicyclic) bond motifs is 4. The molecule has 0 atom stereocenters. The standard InChI is InChI=1S/C32H24N2O3S/c1-18-28(26-16-23(37-3)9-11-27(26)33(18)2)30-29(20-12-13-38-17-20)31(35)34(32(30)36)22-8-10-25-21(15-22)14-19-6-4-5-7-24(19)25/h4-13,15-17H,14H2,1-3H3. The summed E-state index contributed by atoms with van der Waals surface area (Å²) in [5, 5.41) is 4.76. The summed E-state index contributed by atoms with van der Waals surface area (Å²) in [6.45, 7) is 1.99. The fraction of sp³-hybridized carbons (Fsp3) is 0.125. The van der Waals surface area contributed by atoms with Crippen LogP contribution in [0.2, 0.25) is 0 Å². The van der Waals surface area contributed by atoms with Crippen LogP contribution in [0.4, 0.5) is 5.69 Å². The topological polar surface area (TPSA) is 51.5 Å². The molecule has 0 saturated heterocycles. The lowest BCUT2D eigenvalue weighted by Gasteiger charge is -2.17. The van der Waals surface area contributed by atoms with Gasteiger partial charge in [-0.25, -0.2) is 4.90 Å². The van der Waals surface area contributed by atoms with E-state index in [1.165, 1.54) is 27.4 Å². The van der Waals surface area contributed by atoms with Crippen molar-refractivity contribution in [3.8, 4) is 16.9 Å². The number of anilines is 1. The molecule has 1 aliphatic carbocycles. The molecule has 0 N–H and O–H groups in total. The Morgan fingerprint density at radius 1 is 0.868 bits per heavy atom. The molecule has 186 valence electrons. The third-order valence-corrected chi connectivity index (χ3v) is 8.56. The molecular formula is C32H24N2O3S. The second-order valence-electron chi connectivity index (χ2n) is 9.79. The van der Waals surface area contributed by atoms with Crippen molar-refractivity contribution in [3.63, 3.8) is 0 Å². The number of nitrogens with zero attached hydrogens (tertiary/aromatic N) is 2. The van der Waals surface area contributed by atoms with E-state index in [-0.39, 0.29) is 11.8 Å². The SMILES string of the molecule is COc1ccc2c(c1)c(C1=C(c3ccsc3)C(=O)N(c3ccc4c(c3)Cc3ccccc3-4)C1=O)c(C)n2C. The van der Waals surface area contributed by atoms with E-state index in [0.717, 1.165) is 45.3 Å². The molecule has 3 aromatic carbocycles. The molecule has 1 aliphatic heterocycles. The molecule has 5 aromatic rings. The molecule has 2 aromatic heterocycles. The van der Waals surface area contributed by atoms with E-state index in [2.05, 4.69) is 16.7 Å².